The molecule has 0 bridgehead atoms. The first-order valence-corrected chi connectivity index (χ1v) is 4.06. The molecule has 0 aromatic heterocycles. The van der Waals surface area contributed by atoms with Crippen LogP contribution in [0, 0.1) is 0 Å². The summed E-state index contributed by atoms with van der Waals surface area (Å²) in [6.07, 6.45) is 4.22. The highest BCUT2D eigenvalue weighted by molar-refractivity contribution is 5.09. The summed E-state index contributed by atoms with van der Waals surface area (Å²) in [5.41, 5.74) is 0.229. The van der Waals surface area contributed by atoms with E-state index in [1.165, 1.54) is 0 Å². The highest BCUT2D eigenvalue weighted by Crippen LogP contribution is 2.25. The van der Waals surface area contributed by atoms with Gasteiger partial charge in [-0.2, -0.15) is 0 Å². The molecule has 1 aliphatic heterocycles. The maximum atomic E-state index is 3.31. The Morgan fingerprint density at radius 2 is 1.73 bits per heavy atom. The molecule has 0 amide bonds. The first-order valence-electron chi connectivity index (χ1n) is 4.06. The quantitative estimate of drug-likeness (QED) is 0.569. The van der Waals surface area contributed by atoms with Crippen LogP contribution in [0.1, 0.15) is 27.7 Å². The van der Waals surface area contributed by atoms with Crippen molar-refractivity contribution in [3.05, 3.63) is 12.3 Å². The summed E-state index contributed by atoms with van der Waals surface area (Å²) in [6.45, 7) is 8.79. The summed E-state index contributed by atoms with van der Waals surface area (Å²) in [7, 11) is 2.14. The van der Waals surface area contributed by atoms with Crippen molar-refractivity contribution in [2.24, 2.45) is 0 Å². The fraction of sp³-hybridized carbons (Fsp3) is 0.778. The van der Waals surface area contributed by atoms with Crippen molar-refractivity contribution in [1.29, 1.82) is 0 Å². The van der Waals surface area contributed by atoms with Gasteiger partial charge in [-0.1, -0.05) is 0 Å². The molecule has 11 heavy (non-hydrogen) atoms. The van der Waals surface area contributed by atoms with E-state index in [1.54, 1.807) is 0 Å². The minimum Gasteiger partial charge on any atom is -0.374 e. The summed E-state index contributed by atoms with van der Waals surface area (Å²) in [4.78, 5) is 2.32. The second-order valence-corrected chi connectivity index (χ2v) is 4.25. The van der Waals surface area contributed by atoms with Crippen LogP contribution in [-0.2, 0) is 0 Å². The zero-order valence-electron chi connectivity index (χ0n) is 8.10. The Morgan fingerprint density at radius 3 is 2.09 bits per heavy atom. The summed E-state index contributed by atoms with van der Waals surface area (Å²) in [5.74, 6) is 0. The molecule has 0 atom stereocenters. The van der Waals surface area contributed by atoms with Crippen molar-refractivity contribution in [2.45, 2.75) is 38.9 Å². The lowest BCUT2D eigenvalue weighted by Crippen LogP contribution is -2.61. The van der Waals surface area contributed by atoms with Crippen molar-refractivity contribution >= 4 is 0 Å². The van der Waals surface area contributed by atoms with Gasteiger partial charge in [0, 0.05) is 5.54 Å². The summed E-state index contributed by atoms with van der Waals surface area (Å²) in [6, 6.07) is 0. The number of nitrogens with one attached hydrogen (secondary N) is 1. The van der Waals surface area contributed by atoms with E-state index in [-0.39, 0.29) is 11.2 Å². The monoisotopic (exact) mass is 154 g/mol. The van der Waals surface area contributed by atoms with E-state index < -0.39 is 0 Å². The molecule has 0 saturated carbocycles. The molecule has 64 valence electrons. The average Bonchev–Trinajstić information content (AvgIpc) is 1.82. The van der Waals surface area contributed by atoms with Gasteiger partial charge in [-0.05, 0) is 47.0 Å². The van der Waals surface area contributed by atoms with Crippen LogP contribution in [-0.4, -0.2) is 23.1 Å². The van der Waals surface area contributed by atoms with Crippen LogP contribution in [0.2, 0.25) is 0 Å². The molecular formula is C9H18N2. The Balaban J connectivity index is 2.91. The highest BCUT2D eigenvalue weighted by atomic mass is 15.3. The normalized spacial score (nSPS) is 28.1. The zero-order chi connectivity index (χ0) is 8.70. The van der Waals surface area contributed by atoms with Crippen LogP contribution in [0.5, 0.6) is 0 Å². The minimum absolute atomic E-state index is 0.0677. The molecule has 1 heterocycles. The predicted molar refractivity (Wildman–Crippen MR) is 48.2 cm³/mol. The highest BCUT2D eigenvalue weighted by Gasteiger charge is 2.34. The molecular weight excluding hydrogens is 136 g/mol. The van der Waals surface area contributed by atoms with Crippen molar-refractivity contribution in [2.75, 3.05) is 7.05 Å². The fourth-order valence-corrected chi connectivity index (χ4v) is 1.38. The number of hydrogen-bond acceptors (Lipinski definition) is 2. The van der Waals surface area contributed by atoms with Gasteiger partial charge in [-0.15, -0.1) is 0 Å². The van der Waals surface area contributed by atoms with Crippen molar-refractivity contribution in [1.82, 2.24) is 10.2 Å². The molecule has 0 aromatic rings. The SMILES string of the molecule is CN1C(C)(C)C=CNC1(C)C. The Bertz CT molecular complexity index is 180. The topological polar surface area (TPSA) is 15.3 Å². The molecule has 1 aliphatic rings. The summed E-state index contributed by atoms with van der Waals surface area (Å²) in [5, 5.41) is 3.31. The Hall–Kier alpha value is -0.500. The van der Waals surface area contributed by atoms with Gasteiger partial charge in [0.2, 0.25) is 0 Å². The zero-order valence-corrected chi connectivity index (χ0v) is 8.10. The molecule has 2 nitrogen and oxygen atoms in total. The van der Waals surface area contributed by atoms with Crippen LogP contribution >= 0.6 is 0 Å². The Kier molecular flexibility index (Phi) is 1.75. The molecule has 0 saturated heterocycles. The van der Waals surface area contributed by atoms with Gasteiger partial charge in [0.25, 0.3) is 0 Å². The largest absolute Gasteiger partial charge is 0.374 e. The number of rotatable bonds is 0. The molecule has 0 fully saturated rings. The maximum absolute atomic E-state index is 3.31. The lowest BCUT2D eigenvalue weighted by Gasteiger charge is -2.48. The van der Waals surface area contributed by atoms with Gasteiger partial charge in [0.1, 0.15) is 0 Å². The second kappa shape index (κ2) is 2.24. The van der Waals surface area contributed by atoms with E-state index in [0.717, 1.165) is 0 Å². The number of likely N-dealkylation sites (N-methyl/N-ethyl adjacent to an activating group) is 1. The van der Waals surface area contributed by atoms with E-state index >= 15 is 0 Å². The molecule has 0 aliphatic carbocycles. The van der Waals surface area contributed by atoms with E-state index in [2.05, 4.69) is 51.0 Å². The molecule has 2 heteroatoms. The molecule has 0 unspecified atom stereocenters. The molecule has 0 radical (unpaired) electrons. The lowest BCUT2D eigenvalue weighted by molar-refractivity contribution is 0.0465. The van der Waals surface area contributed by atoms with Gasteiger partial charge in [0.05, 0.1) is 5.66 Å². The van der Waals surface area contributed by atoms with Crippen LogP contribution in [0.4, 0.5) is 0 Å². The van der Waals surface area contributed by atoms with Crippen LogP contribution < -0.4 is 5.32 Å². The number of nitrogens with zero attached hydrogens (tertiary/aromatic N) is 1. The van der Waals surface area contributed by atoms with E-state index in [0.29, 0.717) is 0 Å². The van der Waals surface area contributed by atoms with Gasteiger partial charge in [-0.25, -0.2) is 0 Å². The summed E-state index contributed by atoms with van der Waals surface area (Å²) < 4.78 is 0. The maximum Gasteiger partial charge on any atom is 0.0848 e. The third kappa shape index (κ3) is 1.41. The number of hydrogen-bond donors (Lipinski definition) is 1. The third-order valence-electron chi connectivity index (χ3n) is 2.63. The lowest BCUT2D eigenvalue weighted by atomic mass is 9.96. The van der Waals surface area contributed by atoms with Crippen LogP contribution in [0.25, 0.3) is 0 Å². The van der Waals surface area contributed by atoms with E-state index in [4.69, 9.17) is 0 Å². The predicted octanol–water partition coefficient (Wildman–Crippen LogP) is 1.55. The molecule has 0 spiro atoms. The molecule has 0 aromatic carbocycles. The fourth-order valence-electron chi connectivity index (χ4n) is 1.38. The summed E-state index contributed by atoms with van der Waals surface area (Å²) >= 11 is 0. The van der Waals surface area contributed by atoms with Crippen molar-refractivity contribution < 1.29 is 0 Å². The Labute approximate surface area is 69.3 Å². The average molecular weight is 154 g/mol. The van der Waals surface area contributed by atoms with Crippen LogP contribution in [0.3, 0.4) is 0 Å². The van der Waals surface area contributed by atoms with Gasteiger partial charge >= 0.3 is 0 Å². The van der Waals surface area contributed by atoms with Gasteiger partial charge in [-0.3, -0.25) is 4.90 Å². The van der Waals surface area contributed by atoms with E-state index in [1.807, 2.05) is 6.20 Å². The molecule has 1 rings (SSSR count). The van der Waals surface area contributed by atoms with Crippen LogP contribution in [0.15, 0.2) is 12.3 Å². The minimum atomic E-state index is 0.0677. The Morgan fingerprint density at radius 1 is 1.18 bits per heavy atom. The standard InChI is InChI=1S/C9H18N2/c1-8(2)6-7-10-9(3,4)11(8)5/h6-7,10H,1-5H3. The third-order valence-corrected chi connectivity index (χ3v) is 2.63. The van der Waals surface area contributed by atoms with Gasteiger partial charge < -0.3 is 5.32 Å². The van der Waals surface area contributed by atoms with E-state index in [9.17, 15) is 0 Å². The second-order valence-electron chi connectivity index (χ2n) is 4.25. The smallest absolute Gasteiger partial charge is 0.0848 e. The van der Waals surface area contributed by atoms with Crippen molar-refractivity contribution in [3.8, 4) is 0 Å². The van der Waals surface area contributed by atoms with Crippen molar-refractivity contribution in [3.63, 3.8) is 0 Å². The first-order chi connectivity index (χ1) is 4.86. The first kappa shape index (κ1) is 8.60. The van der Waals surface area contributed by atoms with Gasteiger partial charge in [0.15, 0.2) is 0 Å². The molecule has 1 N–H and O–H groups in total.